The topological polar surface area (TPSA) is 17.3 Å². The standard InChI is InChI=1S/C18H22N2S/c1-21-18-10-6-5-9-17(18)19-13-15-11-12-20(14-15)16-7-3-2-4-8-16/h5-6,9-14,16H,2-4,7-8H2,1H3. The average molecular weight is 298 g/mol. The number of rotatable bonds is 4. The second kappa shape index (κ2) is 6.99. The summed E-state index contributed by atoms with van der Waals surface area (Å²) in [5, 5.41) is 0. The third-order valence-corrected chi connectivity index (χ3v) is 4.96. The maximum atomic E-state index is 4.65. The maximum absolute atomic E-state index is 4.65. The van der Waals surface area contributed by atoms with Gasteiger partial charge in [-0.1, -0.05) is 31.4 Å². The molecule has 21 heavy (non-hydrogen) atoms. The predicted molar refractivity (Wildman–Crippen MR) is 92.0 cm³/mol. The van der Waals surface area contributed by atoms with Gasteiger partial charge in [-0.15, -0.1) is 11.8 Å². The van der Waals surface area contributed by atoms with Crippen molar-refractivity contribution in [3.8, 4) is 0 Å². The molecule has 2 nitrogen and oxygen atoms in total. The van der Waals surface area contributed by atoms with Crippen molar-refractivity contribution in [1.82, 2.24) is 4.57 Å². The minimum Gasteiger partial charge on any atom is -0.351 e. The van der Waals surface area contributed by atoms with Gasteiger partial charge in [0.1, 0.15) is 0 Å². The fourth-order valence-electron chi connectivity index (χ4n) is 2.99. The first-order valence-corrected chi connectivity index (χ1v) is 8.94. The predicted octanol–water partition coefficient (Wildman–Crippen LogP) is 5.47. The van der Waals surface area contributed by atoms with Crippen LogP contribution < -0.4 is 0 Å². The molecule has 1 aliphatic carbocycles. The SMILES string of the molecule is CSc1ccccc1N=Cc1ccn(C2CCCCC2)c1. The molecule has 0 unspecified atom stereocenters. The monoisotopic (exact) mass is 298 g/mol. The number of hydrogen-bond donors (Lipinski definition) is 0. The Labute approximate surface area is 131 Å². The van der Waals surface area contributed by atoms with E-state index in [1.165, 1.54) is 42.6 Å². The Morgan fingerprint density at radius 2 is 1.95 bits per heavy atom. The summed E-state index contributed by atoms with van der Waals surface area (Å²) in [5.41, 5.74) is 2.24. The lowest BCUT2D eigenvalue weighted by atomic mass is 9.95. The molecule has 0 spiro atoms. The second-order valence-electron chi connectivity index (χ2n) is 5.61. The van der Waals surface area contributed by atoms with E-state index < -0.39 is 0 Å². The zero-order chi connectivity index (χ0) is 14.5. The molecule has 1 aromatic heterocycles. The van der Waals surface area contributed by atoms with Crippen molar-refractivity contribution in [2.24, 2.45) is 4.99 Å². The highest BCUT2D eigenvalue weighted by atomic mass is 32.2. The number of benzene rings is 1. The number of thioether (sulfide) groups is 1. The fraction of sp³-hybridized carbons (Fsp3) is 0.389. The lowest BCUT2D eigenvalue weighted by Gasteiger charge is -2.23. The molecule has 0 N–H and O–H groups in total. The number of aliphatic imine (C=N–C) groups is 1. The summed E-state index contributed by atoms with van der Waals surface area (Å²) in [6.45, 7) is 0. The van der Waals surface area contributed by atoms with Gasteiger partial charge in [-0.3, -0.25) is 4.99 Å². The Balaban J connectivity index is 1.73. The highest BCUT2D eigenvalue weighted by Gasteiger charge is 2.14. The van der Waals surface area contributed by atoms with E-state index in [1.54, 1.807) is 11.8 Å². The molecule has 2 aromatic rings. The molecule has 0 aliphatic heterocycles. The summed E-state index contributed by atoms with van der Waals surface area (Å²) in [6, 6.07) is 11.1. The van der Waals surface area contributed by atoms with Gasteiger partial charge in [-0.2, -0.15) is 0 Å². The highest BCUT2D eigenvalue weighted by molar-refractivity contribution is 7.98. The van der Waals surface area contributed by atoms with Crippen molar-refractivity contribution in [2.75, 3.05) is 6.26 Å². The number of para-hydroxylation sites is 1. The van der Waals surface area contributed by atoms with Crippen LogP contribution in [-0.4, -0.2) is 17.0 Å². The molecule has 1 fully saturated rings. The van der Waals surface area contributed by atoms with Crippen LogP contribution in [0.1, 0.15) is 43.7 Å². The average Bonchev–Trinajstić information content (AvgIpc) is 3.03. The number of hydrogen-bond acceptors (Lipinski definition) is 2. The molecule has 0 atom stereocenters. The van der Waals surface area contributed by atoms with Crippen LogP contribution in [0.5, 0.6) is 0 Å². The highest BCUT2D eigenvalue weighted by Crippen LogP contribution is 2.29. The zero-order valence-corrected chi connectivity index (χ0v) is 13.4. The van der Waals surface area contributed by atoms with Crippen molar-refractivity contribution in [3.05, 3.63) is 48.3 Å². The van der Waals surface area contributed by atoms with Crippen LogP contribution in [-0.2, 0) is 0 Å². The summed E-state index contributed by atoms with van der Waals surface area (Å²) in [4.78, 5) is 5.87. The molecular weight excluding hydrogens is 276 g/mol. The van der Waals surface area contributed by atoms with E-state index in [0.29, 0.717) is 6.04 Å². The van der Waals surface area contributed by atoms with E-state index in [-0.39, 0.29) is 0 Å². The Morgan fingerprint density at radius 1 is 1.14 bits per heavy atom. The third-order valence-electron chi connectivity index (χ3n) is 4.17. The van der Waals surface area contributed by atoms with Crippen LogP contribution in [0.15, 0.2) is 52.6 Å². The molecule has 1 aliphatic rings. The molecule has 1 saturated carbocycles. The Hall–Kier alpha value is -1.48. The van der Waals surface area contributed by atoms with Crippen molar-refractivity contribution in [3.63, 3.8) is 0 Å². The molecule has 0 saturated heterocycles. The van der Waals surface area contributed by atoms with Gasteiger partial charge >= 0.3 is 0 Å². The smallest absolute Gasteiger partial charge is 0.0765 e. The Morgan fingerprint density at radius 3 is 2.76 bits per heavy atom. The van der Waals surface area contributed by atoms with Crippen LogP contribution >= 0.6 is 11.8 Å². The lowest BCUT2D eigenvalue weighted by Crippen LogP contribution is -2.10. The lowest BCUT2D eigenvalue weighted by molar-refractivity contribution is 0.354. The Bertz CT molecular complexity index is 609. The van der Waals surface area contributed by atoms with Gasteiger partial charge in [0, 0.05) is 35.1 Å². The van der Waals surface area contributed by atoms with Gasteiger partial charge in [-0.05, 0) is 37.3 Å². The van der Waals surface area contributed by atoms with Crippen molar-refractivity contribution < 1.29 is 0 Å². The van der Waals surface area contributed by atoms with Crippen LogP contribution in [0.2, 0.25) is 0 Å². The minimum atomic E-state index is 0.694. The van der Waals surface area contributed by atoms with E-state index in [0.717, 1.165) is 5.69 Å². The van der Waals surface area contributed by atoms with E-state index in [1.807, 2.05) is 12.3 Å². The summed E-state index contributed by atoms with van der Waals surface area (Å²) < 4.78 is 2.38. The van der Waals surface area contributed by atoms with Gasteiger partial charge in [-0.25, -0.2) is 0 Å². The second-order valence-corrected chi connectivity index (χ2v) is 6.46. The summed E-state index contributed by atoms with van der Waals surface area (Å²) >= 11 is 1.74. The van der Waals surface area contributed by atoms with E-state index in [2.05, 4.69) is 52.5 Å². The first-order valence-electron chi connectivity index (χ1n) is 7.71. The van der Waals surface area contributed by atoms with Crippen LogP contribution in [0.3, 0.4) is 0 Å². The van der Waals surface area contributed by atoms with Crippen LogP contribution in [0.4, 0.5) is 5.69 Å². The van der Waals surface area contributed by atoms with Gasteiger partial charge in [0.25, 0.3) is 0 Å². The van der Waals surface area contributed by atoms with E-state index in [4.69, 9.17) is 0 Å². The first-order chi connectivity index (χ1) is 10.4. The van der Waals surface area contributed by atoms with Crippen molar-refractivity contribution in [2.45, 2.75) is 43.0 Å². The van der Waals surface area contributed by atoms with Gasteiger partial charge in [0.15, 0.2) is 0 Å². The molecule has 0 amide bonds. The molecule has 0 radical (unpaired) electrons. The molecule has 0 bridgehead atoms. The molecular formula is C18H22N2S. The zero-order valence-electron chi connectivity index (χ0n) is 12.5. The quantitative estimate of drug-likeness (QED) is 0.540. The van der Waals surface area contributed by atoms with Crippen LogP contribution in [0.25, 0.3) is 0 Å². The summed E-state index contributed by atoms with van der Waals surface area (Å²) in [7, 11) is 0. The largest absolute Gasteiger partial charge is 0.351 e. The fourth-order valence-corrected chi connectivity index (χ4v) is 3.54. The van der Waals surface area contributed by atoms with Gasteiger partial charge in [0.05, 0.1) is 5.69 Å². The number of nitrogens with zero attached hydrogens (tertiary/aromatic N) is 2. The maximum Gasteiger partial charge on any atom is 0.0765 e. The summed E-state index contributed by atoms with van der Waals surface area (Å²) in [5.74, 6) is 0. The van der Waals surface area contributed by atoms with E-state index >= 15 is 0 Å². The molecule has 3 heteroatoms. The Kier molecular flexibility index (Phi) is 4.81. The molecule has 110 valence electrons. The van der Waals surface area contributed by atoms with Gasteiger partial charge in [0.2, 0.25) is 0 Å². The molecule has 1 aromatic carbocycles. The molecule has 1 heterocycles. The van der Waals surface area contributed by atoms with Gasteiger partial charge < -0.3 is 4.57 Å². The number of aromatic nitrogens is 1. The minimum absolute atomic E-state index is 0.694. The van der Waals surface area contributed by atoms with Crippen molar-refractivity contribution in [1.29, 1.82) is 0 Å². The normalized spacial score (nSPS) is 16.6. The summed E-state index contributed by atoms with van der Waals surface area (Å²) in [6.07, 6.45) is 15.3. The third kappa shape index (κ3) is 3.59. The van der Waals surface area contributed by atoms with Crippen molar-refractivity contribution >= 4 is 23.7 Å². The van der Waals surface area contributed by atoms with E-state index in [9.17, 15) is 0 Å². The first kappa shape index (κ1) is 14.5. The molecule has 3 rings (SSSR count). The van der Waals surface area contributed by atoms with Crippen LogP contribution in [0, 0.1) is 0 Å².